The molecule has 0 spiro atoms. The molecule has 0 bridgehead atoms. The van der Waals surface area contributed by atoms with Crippen LogP contribution in [0.1, 0.15) is 107 Å². The molecule has 2 aliphatic rings. The van der Waals surface area contributed by atoms with Crippen LogP contribution in [-0.2, 0) is 0 Å². The van der Waals surface area contributed by atoms with E-state index in [4.69, 9.17) is 0 Å². The van der Waals surface area contributed by atoms with Crippen molar-refractivity contribution in [2.75, 3.05) is 6.54 Å². The molecule has 178 valence electrons. The van der Waals surface area contributed by atoms with Gasteiger partial charge in [-0.3, -0.25) is 14.5 Å². The van der Waals surface area contributed by atoms with Gasteiger partial charge in [-0.25, -0.2) is 0 Å². The predicted molar refractivity (Wildman–Crippen MR) is 131 cm³/mol. The Morgan fingerprint density at radius 3 is 1.91 bits per heavy atom. The van der Waals surface area contributed by atoms with Crippen molar-refractivity contribution in [3.8, 4) is 0 Å². The fourth-order valence-electron chi connectivity index (χ4n) is 6.07. The number of rotatable bonds is 6. The zero-order valence-electron chi connectivity index (χ0n) is 21.0. The highest BCUT2D eigenvalue weighted by Gasteiger charge is 2.45. The van der Waals surface area contributed by atoms with Crippen LogP contribution in [0.2, 0.25) is 0 Å². The van der Waals surface area contributed by atoms with Crippen LogP contribution in [-0.4, -0.2) is 46.4 Å². The molecule has 2 unspecified atom stereocenters. The van der Waals surface area contributed by atoms with Gasteiger partial charge in [-0.2, -0.15) is 0 Å². The summed E-state index contributed by atoms with van der Waals surface area (Å²) in [6, 6.07) is 7.49. The Morgan fingerprint density at radius 2 is 1.41 bits per heavy atom. The Bertz CT molecular complexity index is 782. The van der Waals surface area contributed by atoms with Crippen LogP contribution in [0.25, 0.3) is 0 Å². The van der Waals surface area contributed by atoms with Crippen LogP contribution in [0, 0.1) is 5.92 Å². The number of carbonyl (C=O) groups is 2. The van der Waals surface area contributed by atoms with Crippen LogP contribution < -0.4 is 10.6 Å². The van der Waals surface area contributed by atoms with Crippen LogP contribution in [0.3, 0.4) is 0 Å². The second-order valence-corrected chi connectivity index (χ2v) is 11.3. The van der Waals surface area contributed by atoms with Gasteiger partial charge >= 0.3 is 0 Å². The van der Waals surface area contributed by atoms with Crippen molar-refractivity contribution in [2.45, 2.75) is 110 Å². The lowest BCUT2D eigenvalue weighted by molar-refractivity contribution is -0.0389. The van der Waals surface area contributed by atoms with E-state index in [2.05, 4.69) is 57.1 Å². The average Bonchev–Trinajstić information content (AvgIpc) is 2.72. The number of nitrogens with zero attached hydrogens (tertiary/aromatic N) is 1. The topological polar surface area (TPSA) is 61.4 Å². The first-order chi connectivity index (χ1) is 15.0. The SMILES string of the molecule is CCCN1C(C)(C)CC(NC(=O)c2ccc(C(=O)NC3CCCCC3C)cc2)CC1(C)C. The van der Waals surface area contributed by atoms with Crippen LogP contribution in [0.4, 0.5) is 0 Å². The van der Waals surface area contributed by atoms with Gasteiger partial charge in [0.1, 0.15) is 0 Å². The summed E-state index contributed by atoms with van der Waals surface area (Å²) in [5.74, 6) is 0.427. The molecule has 1 aromatic rings. The fourth-order valence-corrected chi connectivity index (χ4v) is 6.07. The first-order valence-corrected chi connectivity index (χ1v) is 12.5. The maximum atomic E-state index is 13.0. The highest BCUT2D eigenvalue weighted by molar-refractivity contribution is 5.98. The number of likely N-dealkylation sites (tertiary alicyclic amines) is 1. The van der Waals surface area contributed by atoms with E-state index in [1.807, 2.05) is 0 Å². The highest BCUT2D eigenvalue weighted by Crippen LogP contribution is 2.38. The van der Waals surface area contributed by atoms with E-state index in [0.717, 1.165) is 32.2 Å². The van der Waals surface area contributed by atoms with Crippen LogP contribution in [0.15, 0.2) is 24.3 Å². The Balaban J connectivity index is 1.60. The summed E-state index contributed by atoms with van der Waals surface area (Å²) < 4.78 is 0. The van der Waals surface area contributed by atoms with E-state index in [1.165, 1.54) is 19.3 Å². The molecule has 0 radical (unpaired) electrons. The average molecular weight is 442 g/mol. The first-order valence-electron chi connectivity index (χ1n) is 12.5. The molecule has 2 N–H and O–H groups in total. The maximum Gasteiger partial charge on any atom is 0.251 e. The normalized spacial score (nSPS) is 25.8. The molecule has 2 fully saturated rings. The van der Waals surface area contributed by atoms with Gasteiger partial charge in [0, 0.05) is 34.3 Å². The summed E-state index contributed by atoms with van der Waals surface area (Å²) >= 11 is 0. The van der Waals surface area contributed by atoms with E-state index in [1.54, 1.807) is 24.3 Å². The smallest absolute Gasteiger partial charge is 0.251 e. The van der Waals surface area contributed by atoms with Crippen molar-refractivity contribution < 1.29 is 9.59 Å². The molecule has 5 nitrogen and oxygen atoms in total. The van der Waals surface area contributed by atoms with Crippen molar-refractivity contribution in [3.63, 3.8) is 0 Å². The van der Waals surface area contributed by atoms with Crippen molar-refractivity contribution in [1.82, 2.24) is 15.5 Å². The summed E-state index contributed by atoms with van der Waals surface area (Å²) in [6.07, 6.45) is 7.66. The van der Waals surface area contributed by atoms with Gasteiger partial charge in [0.15, 0.2) is 0 Å². The molecule has 1 aromatic carbocycles. The summed E-state index contributed by atoms with van der Waals surface area (Å²) in [6.45, 7) is 14.6. The molecule has 1 saturated carbocycles. The van der Waals surface area contributed by atoms with Crippen molar-refractivity contribution in [1.29, 1.82) is 0 Å². The summed E-state index contributed by atoms with van der Waals surface area (Å²) in [5.41, 5.74) is 1.30. The highest BCUT2D eigenvalue weighted by atomic mass is 16.2. The van der Waals surface area contributed by atoms with Gasteiger partial charge in [-0.15, -0.1) is 0 Å². The molecule has 2 atom stereocenters. The fraction of sp³-hybridized carbons (Fsp3) is 0.704. The maximum absolute atomic E-state index is 13.0. The van der Waals surface area contributed by atoms with Crippen molar-refractivity contribution in [3.05, 3.63) is 35.4 Å². The van der Waals surface area contributed by atoms with Crippen molar-refractivity contribution >= 4 is 11.8 Å². The zero-order chi connectivity index (χ0) is 23.5. The monoisotopic (exact) mass is 441 g/mol. The van der Waals surface area contributed by atoms with Gasteiger partial charge < -0.3 is 10.6 Å². The molecule has 2 amide bonds. The summed E-state index contributed by atoms with van der Waals surface area (Å²) in [7, 11) is 0. The van der Waals surface area contributed by atoms with Gasteiger partial charge in [-0.1, -0.05) is 26.7 Å². The Labute approximate surface area is 194 Å². The predicted octanol–water partition coefficient (Wildman–Crippen LogP) is 5.16. The minimum Gasteiger partial charge on any atom is -0.349 e. The lowest BCUT2D eigenvalue weighted by atomic mass is 9.76. The molecular weight excluding hydrogens is 398 g/mol. The Morgan fingerprint density at radius 1 is 0.906 bits per heavy atom. The third-order valence-corrected chi connectivity index (χ3v) is 7.57. The Hall–Kier alpha value is -1.88. The molecule has 32 heavy (non-hydrogen) atoms. The number of hydrogen-bond donors (Lipinski definition) is 2. The number of amides is 2. The second kappa shape index (κ2) is 9.94. The third kappa shape index (κ3) is 5.72. The standard InChI is InChI=1S/C27H43N3O2/c1-7-16-30-26(3,4)17-22(18-27(30,5)6)28-24(31)20-12-14-21(15-13-20)25(32)29-23-11-9-8-10-19(23)2/h12-15,19,22-23H,7-11,16-18H2,1-6H3,(H,28,31)(H,29,32). The quantitative estimate of drug-likeness (QED) is 0.641. The lowest BCUT2D eigenvalue weighted by Gasteiger charge is -2.55. The molecule has 1 aliphatic heterocycles. The van der Waals surface area contributed by atoms with Crippen LogP contribution in [0.5, 0.6) is 0 Å². The first kappa shape index (κ1) is 24.8. The number of carbonyl (C=O) groups excluding carboxylic acids is 2. The van der Waals surface area contributed by atoms with Gasteiger partial charge in [0.2, 0.25) is 0 Å². The number of benzene rings is 1. The minimum atomic E-state index is -0.0570. The molecule has 3 rings (SSSR count). The molecule has 1 aliphatic carbocycles. The van der Waals surface area contributed by atoms with E-state index >= 15 is 0 Å². The van der Waals surface area contributed by atoms with Crippen LogP contribution >= 0.6 is 0 Å². The largest absolute Gasteiger partial charge is 0.349 e. The van der Waals surface area contributed by atoms with Gasteiger partial charge in [0.05, 0.1) is 0 Å². The molecule has 5 heteroatoms. The van der Waals surface area contributed by atoms with Gasteiger partial charge in [-0.05, 0) is 96.5 Å². The van der Waals surface area contributed by atoms with E-state index in [0.29, 0.717) is 17.0 Å². The number of piperidine rings is 1. The van der Waals surface area contributed by atoms with E-state index in [9.17, 15) is 9.59 Å². The van der Waals surface area contributed by atoms with E-state index in [-0.39, 0.29) is 35.0 Å². The number of nitrogens with one attached hydrogen (secondary N) is 2. The minimum absolute atomic E-state index is 0.0356. The van der Waals surface area contributed by atoms with E-state index < -0.39 is 0 Å². The molecular formula is C27H43N3O2. The summed E-state index contributed by atoms with van der Waals surface area (Å²) in [4.78, 5) is 28.2. The van der Waals surface area contributed by atoms with Gasteiger partial charge in [0.25, 0.3) is 11.8 Å². The third-order valence-electron chi connectivity index (χ3n) is 7.57. The zero-order valence-corrected chi connectivity index (χ0v) is 21.0. The summed E-state index contributed by atoms with van der Waals surface area (Å²) in [5, 5.41) is 6.45. The second-order valence-electron chi connectivity index (χ2n) is 11.3. The molecule has 1 heterocycles. The lowest BCUT2D eigenvalue weighted by Crippen LogP contribution is -2.64. The number of hydrogen-bond acceptors (Lipinski definition) is 3. The van der Waals surface area contributed by atoms with Crippen molar-refractivity contribution in [2.24, 2.45) is 5.92 Å². The molecule has 1 saturated heterocycles. The Kier molecular flexibility index (Phi) is 7.69. The molecule has 0 aromatic heterocycles.